The van der Waals surface area contributed by atoms with Gasteiger partial charge < -0.3 is 0 Å². The Morgan fingerprint density at radius 1 is 1.21 bits per heavy atom. The molecule has 0 heterocycles. The number of thiocarbonyl (C=S) groups is 1. The molecule has 14 heavy (non-hydrogen) atoms. The summed E-state index contributed by atoms with van der Waals surface area (Å²) in [4.78, 5) is 11.8. The van der Waals surface area contributed by atoms with Crippen molar-refractivity contribution in [2.45, 2.75) is 20.8 Å². The quantitative estimate of drug-likeness (QED) is 0.545. The molecule has 0 bridgehead atoms. The second-order valence-corrected chi connectivity index (χ2v) is 4.55. The second-order valence-electron chi connectivity index (χ2n) is 4.32. The van der Waals surface area contributed by atoms with Crippen molar-refractivity contribution in [3.05, 3.63) is 35.4 Å². The van der Waals surface area contributed by atoms with Crippen molar-refractivity contribution in [2.75, 3.05) is 0 Å². The summed E-state index contributed by atoms with van der Waals surface area (Å²) >= 11 is 4.79. The zero-order chi connectivity index (χ0) is 10.8. The average Bonchev–Trinajstić information content (AvgIpc) is 2.15. The molecular weight excluding hydrogens is 192 g/mol. The van der Waals surface area contributed by atoms with E-state index >= 15 is 0 Å². The van der Waals surface area contributed by atoms with Crippen LogP contribution in [0, 0.1) is 5.41 Å². The highest BCUT2D eigenvalue weighted by Gasteiger charge is 2.22. The monoisotopic (exact) mass is 206 g/mol. The van der Waals surface area contributed by atoms with Crippen molar-refractivity contribution < 1.29 is 4.79 Å². The van der Waals surface area contributed by atoms with Crippen molar-refractivity contribution in [1.82, 2.24) is 0 Å². The molecule has 74 valence electrons. The van der Waals surface area contributed by atoms with Gasteiger partial charge >= 0.3 is 0 Å². The van der Waals surface area contributed by atoms with Crippen LogP contribution in [-0.2, 0) is 0 Å². The molecule has 0 saturated carbocycles. The Labute approximate surface area is 90.1 Å². The summed E-state index contributed by atoms with van der Waals surface area (Å²) in [6.07, 6.45) is 0. The van der Waals surface area contributed by atoms with E-state index in [1.165, 1.54) is 0 Å². The van der Waals surface area contributed by atoms with Gasteiger partial charge in [-0.05, 0) is 5.56 Å². The van der Waals surface area contributed by atoms with E-state index in [0.717, 1.165) is 11.1 Å². The number of ketones is 1. The van der Waals surface area contributed by atoms with Crippen molar-refractivity contribution in [1.29, 1.82) is 0 Å². The molecule has 1 rings (SSSR count). The summed E-state index contributed by atoms with van der Waals surface area (Å²) in [5.74, 6) is 0.161. The van der Waals surface area contributed by atoms with Crippen LogP contribution in [0.25, 0.3) is 0 Å². The van der Waals surface area contributed by atoms with Crippen molar-refractivity contribution in [3.63, 3.8) is 0 Å². The van der Waals surface area contributed by atoms with Crippen LogP contribution < -0.4 is 0 Å². The first kappa shape index (κ1) is 11.1. The Morgan fingerprint density at radius 3 is 2.07 bits per heavy atom. The fraction of sp³-hybridized carbons (Fsp3) is 0.333. The number of Topliss-reactive ketones (excluding diaryl/α,β-unsaturated/α-hetero) is 1. The van der Waals surface area contributed by atoms with Crippen molar-refractivity contribution in [2.24, 2.45) is 5.41 Å². The summed E-state index contributed by atoms with van der Waals surface area (Å²) in [7, 11) is 0. The molecular formula is C12H14OS. The zero-order valence-corrected chi connectivity index (χ0v) is 9.52. The lowest BCUT2D eigenvalue weighted by molar-refractivity contribution is 0.0858. The maximum absolute atomic E-state index is 11.8. The lowest BCUT2D eigenvalue weighted by Crippen LogP contribution is -2.20. The predicted molar refractivity (Wildman–Crippen MR) is 63.0 cm³/mol. The largest absolute Gasteiger partial charge is 0.294 e. The molecule has 0 unspecified atom stereocenters. The van der Waals surface area contributed by atoms with E-state index in [1.54, 1.807) is 5.37 Å². The van der Waals surface area contributed by atoms with Gasteiger partial charge in [0.15, 0.2) is 5.78 Å². The van der Waals surface area contributed by atoms with E-state index in [1.807, 2.05) is 45.0 Å². The van der Waals surface area contributed by atoms with Crippen LogP contribution in [0.1, 0.15) is 36.7 Å². The zero-order valence-electron chi connectivity index (χ0n) is 8.70. The summed E-state index contributed by atoms with van der Waals surface area (Å²) in [6, 6.07) is 7.38. The number of hydrogen-bond acceptors (Lipinski definition) is 2. The molecule has 0 aromatic heterocycles. The molecule has 0 radical (unpaired) electrons. The van der Waals surface area contributed by atoms with Gasteiger partial charge in [-0.25, -0.2) is 0 Å². The van der Waals surface area contributed by atoms with Crippen LogP contribution in [-0.4, -0.2) is 11.2 Å². The van der Waals surface area contributed by atoms with Gasteiger partial charge in [0, 0.05) is 16.3 Å². The van der Waals surface area contributed by atoms with Crippen LogP contribution in [0.15, 0.2) is 24.3 Å². The van der Waals surface area contributed by atoms with Crippen LogP contribution in [0.3, 0.4) is 0 Å². The number of carbonyl (C=O) groups excluding carboxylic acids is 1. The molecule has 0 aliphatic rings. The second kappa shape index (κ2) is 4.01. The summed E-state index contributed by atoms with van der Waals surface area (Å²) in [5.41, 5.74) is 1.39. The summed E-state index contributed by atoms with van der Waals surface area (Å²) in [5, 5.41) is 1.60. The number of rotatable bonds is 2. The predicted octanol–water partition coefficient (Wildman–Crippen LogP) is 3.26. The van der Waals surface area contributed by atoms with Gasteiger partial charge in [0.05, 0.1) is 0 Å². The molecule has 0 atom stereocenters. The van der Waals surface area contributed by atoms with Gasteiger partial charge in [-0.1, -0.05) is 57.3 Å². The third-order valence-electron chi connectivity index (χ3n) is 1.99. The minimum absolute atomic E-state index is 0.161. The fourth-order valence-corrected chi connectivity index (χ4v) is 1.30. The summed E-state index contributed by atoms with van der Waals surface area (Å²) in [6.45, 7) is 5.76. The van der Waals surface area contributed by atoms with E-state index < -0.39 is 0 Å². The number of carbonyl (C=O) groups is 1. The lowest BCUT2D eigenvalue weighted by atomic mass is 9.86. The van der Waals surface area contributed by atoms with Crippen molar-refractivity contribution >= 4 is 23.4 Å². The normalized spacial score (nSPS) is 11.1. The Morgan fingerprint density at radius 2 is 1.71 bits per heavy atom. The van der Waals surface area contributed by atoms with Crippen LogP contribution in [0.2, 0.25) is 0 Å². The summed E-state index contributed by atoms with van der Waals surface area (Å²) < 4.78 is 0. The first-order valence-corrected chi connectivity index (χ1v) is 5.02. The standard InChI is InChI=1S/C12H14OS/c1-12(2,3)11(13)10-6-4-9(8-14)5-7-10/h4-8H,1-3H3. The molecule has 2 heteroatoms. The van der Waals surface area contributed by atoms with Gasteiger partial charge in [-0.15, -0.1) is 0 Å². The average molecular weight is 206 g/mol. The van der Waals surface area contributed by atoms with Gasteiger partial charge in [-0.2, -0.15) is 0 Å². The Kier molecular flexibility index (Phi) is 3.17. The van der Waals surface area contributed by atoms with E-state index in [4.69, 9.17) is 12.2 Å². The maximum atomic E-state index is 11.8. The van der Waals surface area contributed by atoms with Gasteiger partial charge in [0.2, 0.25) is 0 Å². The first-order chi connectivity index (χ1) is 6.45. The highest BCUT2D eigenvalue weighted by atomic mass is 32.1. The SMILES string of the molecule is CC(C)(C)C(=O)c1ccc(C=S)cc1. The smallest absolute Gasteiger partial charge is 0.168 e. The molecule has 0 aliphatic heterocycles. The van der Waals surface area contributed by atoms with Crippen LogP contribution >= 0.6 is 12.2 Å². The van der Waals surface area contributed by atoms with Crippen molar-refractivity contribution in [3.8, 4) is 0 Å². The molecule has 0 N–H and O–H groups in total. The first-order valence-electron chi connectivity index (χ1n) is 4.55. The molecule has 0 aliphatic carbocycles. The van der Waals surface area contributed by atoms with Gasteiger partial charge in [0.1, 0.15) is 0 Å². The molecule has 0 spiro atoms. The van der Waals surface area contributed by atoms with Gasteiger partial charge in [-0.3, -0.25) is 4.79 Å². The van der Waals surface area contributed by atoms with E-state index in [-0.39, 0.29) is 11.2 Å². The minimum atomic E-state index is -0.320. The molecule has 1 aromatic carbocycles. The molecule has 0 amide bonds. The third kappa shape index (κ3) is 2.48. The molecule has 0 saturated heterocycles. The Balaban J connectivity index is 2.98. The van der Waals surface area contributed by atoms with Crippen LogP contribution in [0.4, 0.5) is 0 Å². The molecule has 1 nitrogen and oxygen atoms in total. The van der Waals surface area contributed by atoms with Crippen LogP contribution in [0.5, 0.6) is 0 Å². The van der Waals surface area contributed by atoms with Gasteiger partial charge in [0.25, 0.3) is 0 Å². The Bertz CT molecular complexity index is 344. The number of hydrogen-bond donors (Lipinski definition) is 0. The fourth-order valence-electron chi connectivity index (χ4n) is 1.15. The van der Waals surface area contributed by atoms with E-state index in [2.05, 4.69) is 0 Å². The Hall–Kier alpha value is -1.02. The lowest BCUT2D eigenvalue weighted by Gasteiger charge is -2.16. The third-order valence-corrected chi connectivity index (χ3v) is 2.26. The topological polar surface area (TPSA) is 17.1 Å². The maximum Gasteiger partial charge on any atom is 0.168 e. The molecule has 1 aromatic rings. The molecule has 0 fully saturated rings. The highest BCUT2D eigenvalue weighted by molar-refractivity contribution is 7.79. The number of benzene rings is 1. The van der Waals surface area contributed by atoms with E-state index in [0.29, 0.717) is 0 Å². The minimum Gasteiger partial charge on any atom is -0.294 e. The van der Waals surface area contributed by atoms with E-state index in [9.17, 15) is 4.79 Å². The highest BCUT2D eigenvalue weighted by Crippen LogP contribution is 2.20.